The first-order valence-electron chi connectivity index (χ1n) is 12.3. The fourth-order valence-electron chi connectivity index (χ4n) is 4.18. The minimum absolute atomic E-state index is 0.165. The van der Waals surface area contributed by atoms with E-state index >= 15 is 0 Å². The van der Waals surface area contributed by atoms with Crippen LogP contribution in [0.25, 0.3) is 11.1 Å². The lowest BCUT2D eigenvalue weighted by Crippen LogP contribution is -2.27. The number of benzene rings is 2. The zero-order chi connectivity index (χ0) is 28.7. The molecule has 0 aliphatic heterocycles. The molecule has 0 unspecified atom stereocenters. The molecule has 0 atom stereocenters. The van der Waals surface area contributed by atoms with E-state index in [2.05, 4.69) is 56.4 Å². The highest BCUT2D eigenvalue weighted by molar-refractivity contribution is 7.85. The molecule has 0 radical (unpaired) electrons. The summed E-state index contributed by atoms with van der Waals surface area (Å²) < 4.78 is 68.4. The largest absolute Gasteiger partial charge is 0.748 e. The average Bonchev–Trinajstić information content (AvgIpc) is 2.95. The van der Waals surface area contributed by atoms with Crippen LogP contribution in [0.5, 0.6) is 0 Å². The molecule has 3 rings (SSSR count). The first-order valence-corrected chi connectivity index (χ1v) is 15.4. The molecule has 10 heteroatoms. The number of nitrogens with zero attached hydrogens (tertiary/aromatic N) is 2. The van der Waals surface area contributed by atoms with Gasteiger partial charge >= 0.3 is 0 Å². The first kappa shape index (κ1) is 33.2. The van der Waals surface area contributed by atoms with Gasteiger partial charge < -0.3 is 18.1 Å². The van der Waals surface area contributed by atoms with Gasteiger partial charge in [-0.15, -0.1) is 0 Å². The molecule has 1 aliphatic rings. The molecule has 0 saturated heterocycles. The molecule has 2 aromatic rings. The highest BCUT2D eigenvalue weighted by atomic mass is 32.2. The van der Waals surface area contributed by atoms with Gasteiger partial charge in [-0.2, -0.15) is 0 Å². The van der Waals surface area contributed by atoms with Gasteiger partial charge in [0.1, 0.15) is 0 Å². The fourth-order valence-corrected chi connectivity index (χ4v) is 5.18. The summed E-state index contributed by atoms with van der Waals surface area (Å²) in [6.45, 7) is 0. The topological polar surface area (TPSA) is 114 Å². The maximum atomic E-state index is 11.1. The molecule has 0 amide bonds. The standard InChI is InChI=1S/C19H22O6S2.2C4H12N/c20-26(21,22)13-5-11-19(12-6-14-27(23,24)25)17-9-3-1-7-15(17)16-8-2-4-10-18(16)19;2*1-5(2,3)4/h1-4,7-10H,5-6,11-14H2,(H,20,21,22)(H,23,24,25);2*1-4H3/q;2*+1/p-2. The Morgan fingerprint density at radius 1 is 0.595 bits per heavy atom. The van der Waals surface area contributed by atoms with E-state index in [0.717, 1.165) is 31.2 Å². The molecule has 0 bridgehead atoms. The Hall–Kier alpha value is -1.82. The van der Waals surface area contributed by atoms with E-state index in [1.54, 1.807) is 0 Å². The SMILES string of the molecule is C[N+](C)(C)C.C[N+](C)(C)C.O=S(=O)([O-])CCCC1(CCCS(=O)(=O)[O-])c2ccccc2-c2ccccc21. The Morgan fingerprint density at radius 3 is 1.14 bits per heavy atom. The lowest BCUT2D eigenvalue weighted by atomic mass is 9.71. The highest BCUT2D eigenvalue weighted by Crippen LogP contribution is 2.53. The van der Waals surface area contributed by atoms with Crippen molar-refractivity contribution in [2.24, 2.45) is 0 Å². The van der Waals surface area contributed by atoms with Crippen LogP contribution in [0.15, 0.2) is 48.5 Å². The zero-order valence-corrected chi connectivity index (χ0v) is 25.2. The van der Waals surface area contributed by atoms with Crippen LogP contribution < -0.4 is 0 Å². The second-order valence-electron chi connectivity index (χ2n) is 12.3. The lowest BCUT2D eigenvalue weighted by molar-refractivity contribution is -0.849. The number of hydrogen-bond donors (Lipinski definition) is 0. The summed E-state index contributed by atoms with van der Waals surface area (Å²) in [7, 11) is 8.33. The molecule has 8 nitrogen and oxygen atoms in total. The summed E-state index contributed by atoms with van der Waals surface area (Å²) in [5.41, 5.74) is 3.39. The van der Waals surface area contributed by atoms with E-state index in [1.165, 1.54) is 0 Å². The van der Waals surface area contributed by atoms with Gasteiger partial charge in [-0.3, -0.25) is 0 Å². The van der Waals surface area contributed by atoms with E-state index in [1.807, 2.05) is 48.5 Å². The molecule has 0 aromatic heterocycles. The van der Waals surface area contributed by atoms with Gasteiger partial charge in [-0.25, -0.2) is 16.8 Å². The second-order valence-corrected chi connectivity index (χ2v) is 15.3. The maximum absolute atomic E-state index is 11.1. The Balaban J connectivity index is 0.000000583. The van der Waals surface area contributed by atoms with E-state index in [4.69, 9.17) is 0 Å². The third kappa shape index (κ3) is 13.0. The van der Waals surface area contributed by atoms with E-state index < -0.39 is 37.2 Å². The minimum atomic E-state index is -4.34. The van der Waals surface area contributed by atoms with Gasteiger partial charge in [0, 0.05) is 16.9 Å². The van der Waals surface area contributed by atoms with Crippen LogP contribution in [-0.4, -0.2) is 103 Å². The van der Waals surface area contributed by atoms with Gasteiger partial charge in [0.2, 0.25) is 0 Å². The van der Waals surface area contributed by atoms with Crippen molar-refractivity contribution in [1.82, 2.24) is 0 Å². The molecule has 2 aromatic carbocycles. The molecule has 210 valence electrons. The number of fused-ring (bicyclic) bond motifs is 3. The van der Waals surface area contributed by atoms with Crippen LogP contribution in [0.2, 0.25) is 0 Å². The van der Waals surface area contributed by atoms with Crippen LogP contribution in [0, 0.1) is 0 Å². The van der Waals surface area contributed by atoms with Crippen molar-refractivity contribution >= 4 is 20.2 Å². The summed E-state index contributed by atoms with van der Waals surface area (Å²) in [6.07, 6.45) is 1.11. The predicted molar refractivity (Wildman–Crippen MR) is 148 cm³/mol. The molecule has 37 heavy (non-hydrogen) atoms. The maximum Gasteiger partial charge on any atom is 0.0945 e. The quantitative estimate of drug-likeness (QED) is 0.364. The number of hydrogen-bond acceptors (Lipinski definition) is 6. The van der Waals surface area contributed by atoms with Gasteiger partial charge in [-0.05, 0) is 47.9 Å². The summed E-state index contributed by atoms with van der Waals surface area (Å²) in [5.74, 6) is -0.947. The van der Waals surface area contributed by atoms with Gasteiger partial charge in [0.05, 0.1) is 76.6 Å². The fraction of sp³-hybridized carbons (Fsp3) is 0.556. The summed E-state index contributed by atoms with van der Waals surface area (Å²) in [5, 5.41) is 0. The molecule has 0 saturated carbocycles. The van der Waals surface area contributed by atoms with Crippen LogP contribution in [0.4, 0.5) is 0 Å². The molecular weight excluding hydrogens is 512 g/mol. The Kier molecular flexibility index (Phi) is 11.5. The Bertz CT molecular complexity index is 1120. The van der Waals surface area contributed by atoms with Crippen molar-refractivity contribution in [3.8, 4) is 11.1 Å². The first-order chi connectivity index (χ1) is 16.6. The molecule has 0 heterocycles. The van der Waals surface area contributed by atoms with Crippen molar-refractivity contribution in [1.29, 1.82) is 0 Å². The third-order valence-electron chi connectivity index (χ3n) is 5.17. The molecular formula is C27H44N2O6S2. The molecule has 0 spiro atoms. The Labute approximate surface area is 224 Å². The Morgan fingerprint density at radius 2 is 0.865 bits per heavy atom. The van der Waals surface area contributed by atoms with Gasteiger partial charge in [0.15, 0.2) is 0 Å². The zero-order valence-electron chi connectivity index (χ0n) is 23.5. The van der Waals surface area contributed by atoms with Crippen molar-refractivity contribution in [2.45, 2.75) is 31.1 Å². The lowest BCUT2D eigenvalue weighted by Gasteiger charge is -2.33. The van der Waals surface area contributed by atoms with Crippen molar-refractivity contribution in [3.63, 3.8) is 0 Å². The predicted octanol–water partition coefficient (Wildman–Crippen LogP) is 3.25. The molecule has 0 fully saturated rings. The van der Waals surface area contributed by atoms with Crippen LogP contribution in [0.1, 0.15) is 36.8 Å². The van der Waals surface area contributed by atoms with Crippen molar-refractivity contribution in [2.75, 3.05) is 67.9 Å². The van der Waals surface area contributed by atoms with E-state index in [0.29, 0.717) is 12.8 Å². The van der Waals surface area contributed by atoms with Crippen LogP contribution >= 0.6 is 0 Å². The van der Waals surface area contributed by atoms with Crippen LogP contribution in [0.3, 0.4) is 0 Å². The third-order valence-corrected chi connectivity index (χ3v) is 6.75. The highest BCUT2D eigenvalue weighted by Gasteiger charge is 2.41. The summed E-state index contributed by atoms with van der Waals surface area (Å²) >= 11 is 0. The van der Waals surface area contributed by atoms with Crippen molar-refractivity contribution in [3.05, 3.63) is 59.7 Å². The van der Waals surface area contributed by atoms with Crippen molar-refractivity contribution < 1.29 is 34.9 Å². The normalized spacial score (nSPS) is 14.4. The number of quaternary nitrogens is 2. The summed E-state index contributed by atoms with van der Waals surface area (Å²) in [6, 6.07) is 15.4. The second kappa shape index (κ2) is 12.8. The van der Waals surface area contributed by atoms with E-state index in [-0.39, 0.29) is 12.8 Å². The smallest absolute Gasteiger partial charge is 0.0945 e. The monoisotopic (exact) mass is 556 g/mol. The van der Waals surface area contributed by atoms with E-state index in [9.17, 15) is 25.9 Å². The van der Waals surface area contributed by atoms with Gasteiger partial charge in [0.25, 0.3) is 0 Å². The van der Waals surface area contributed by atoms with Gasteiger partial charge in [-0.1, -0.05) is 48.5 Å². The number of rotatable bonds is 8. The summed E-state index contributed by atoms with van der Waals surface area (Å²) in [4.78, 5) is 0. The average molecular weight is 557 g/mol. The molecule has 1 aliphatic carbocycles. The molecule has 0 N–H and O–H groups in total. The minimum Gasteiger partial charge on any atom is -0.748 e. The van der Waals surface area contributed by atoms with Crippen LogP contribution in [-0.2, 0) is 25.7 Å².